The maximum absolute atomic E-state index is 14.0. The highest BCUT2D eigenvalue weighted by Crippen LogP contribution is 2.77. The molecule has 1 heterocycles. The second kappa shape index (κ2) is 13.2. The van der Waals surface area contributed by atoms with Crippen LogP contribution in [-0.2, 0) is 23.9 Å². The molecule has 8 heteroatoms. The lowest BCUT2D eigenvalue weighted by Crippen LogP contribution is -2.66. The molecule has 0 radical (unpaired) electrons. The molecule has 0 aromatic rings. The van der Waals surface area contributed by atoms with Crippen molar-refractivity contribution in [2.45, 2.75) is 164 Å². The number of carboxylic acid groups (broad SMARTS) is 1. The van der Waals surface area contributed by atoms with Crippen LogP contribution in [0.1, 0.15) is 152 Å². The minimum atomic E-state index is -0.825. The lowest BCUT2D eigenvalue weighted by molar-refractivity contribution is -0.236. The summed E-state index contributed by atoms with van der Waals surface area (Å²) in [6.45, 7) is 22.2. The summed E-state index contributed by atoms with van der Waals surface area (Å²) < 4.78 is 6.42. The molecule has 6 aliphatic carbocycles. The number of ether oxygens (including phenoxy) is 1. The molecule has 0 bridgehead atoms. The Morgan fingerprint density at radius 2 is 1.58 bits per heavy atom. The van der Waals surface area contributed by atoms with Gasteiger partial charge in [0.15, 0.2) is 5.78 Å². The van der Waals surface area contributed by atoms with Crippen LogP contribution in [0.5, 0.6) is 0 Å². The lowest BCUT2D eigenvalue weighted by atomic mass is 9.33. The van der Waals surface area contributed by atoms with Crippen LogP contribution in [-0.4, -0.2) is 54.0 Å². The van der Waals surface area contributed by atoms with Crippen molar-refractivity contribution in [3.8, 4) is 0 Å². The summed E-state index contributed by atoms with van der Waals surface area (Å²) in [6, 6.07) is 0.339. The summed E-state index contributed by atoms with van der Waals surface area (Å²) in [5.74, 6) is -0.151. The zero-order chi connectivity index (χ0) is 38.5. The van der Waals surface area contributed by atoms with Gasteiger partial charge in [0.1, 0.15) is 6.10 Å². The van der Waals surface area contributed by atoms with Crippen LogP contribution < -0.4 is 10.6 Å². The molecule has 1 aliphatic heterocycles. The number of allylic oxidation sites excluding steroid dienone is 2. The Morgan fingerprint density at radius 3 is 2.23 bits per heavy atom. The Balaban J connectivity index is 1.12. The molecule has 0 aromatic heterocycles. The van der Waals surface area contributed by atoms with Gasteiger partial charge in [-0.3, -0.25) is 19.2 Å². The molecule has 6 fully saturated rings. The first-order valence-corrected chi connectivity index (χ1v) is 21.4. The molecule has 53 heavy (non-hydrogen) atoms. The quantitative estimate of drug-likeness (QED) is 0.215. The van der Waals surface area contributed by atoms with Crippen LogP contribution in [0.2, 0.25) is 0 Å². The second-order valence-corrected chi connectivity index (χ2v) is 21.4. The van der Waals surface area contributed by atoms with Gasteiger partial charge in [-0.2, -0.15) is 0 Å². The third kappa shape index (κ3) is 5.82. The first-order chi connectivity index (χ1) is 24.7. The summed E-state index contributed by atoms with van der Waals surface area (Å²) in [6.07, 6.45) is 12.8. The third-order valence-corrected chi connectivity index (χ3v) is 18.1. The first-order valence-electron chi connectivity index (χ1n) is 21.4. The van der Waals surface area contributed by atoms with Crippen LogP contribution in [0.15, 0.2) is 11.1 Å². The summed E-state index contributed by atoms with van der Waals surface area (Å²) in [4.78, 5) is 53.1. The Kier molecular flexibility index (Phi) is 9.71. The largest absolute Gasteiger partial charge is 0.481 e. The molecule has 296 valence electrons. The molecule has 5 saturated carbocycles. The molecular formula is C45H70N2O6. The van der Waals surface area contributed by atoms with Crippen LogP contribution in [0.25, 0.3) is 0 Å². The van der Waals surface area contributed by atoms with E-state index in [1.807, 2.05) is 13.8 Å². The predicted octanol–water partition coefficient (Wildman–Crippen LogP) is 8.27. The van der Waals surface area contributed by atoms with Crippen molar-refractivity contribution in [1.82, 2.24) is 10.6 Å². The Labute approximate surface area is 319 Å². The Hall–Kier alpha value is -2.22. The Bertz CT molecular complexity index is 1560. The maximum atomic E-state index is 14.0. The molecule has 7 aliphatic rings. The van der Waals surface area contributed by atoms with E-state index < -0.39 is 17.3 Å². The van der Waals surface area contributed by atoms with Gasteiger partial charge in [-0.25, -0.2) is 0 Å². The van der Waals surface area contributed by atoms with Gasteiger partial charge in [0.25, 0.3) is 0 Å². The van der Waals surface area contributed by atoms with Gasteiger partial charge >= 0.3 is 11.9 Å². The summed E-state index contributed by atoms with van der Waals surface area (Å²) in [5.41, 5.74) is 1.46. The molecular weight excluding hydrogens is 665 g/mol. The number of carboxylic acids is 1. The van der Waals surface area contributed by atoms with E-state index in [0.29, 0.717) is 49.6 Å². The number of nitrogens with one attached hydrogen (secondary N) is 2. The fraction of sp³-hybridized carbons (Fsp3) is 0.867. The highest BCUT2D eigenvalue weighted by atomic mass is 16.5. The number of hydrogen-bond acceptors (Lipinski definition) is 6. The fourth-order valence-corrected chi connectivity index (χ4v) is 14.8. The highest BCUT2D eigenvalue weighted by molar-refractivity contribution is 6.01. The number of rotatable bonds is 8. The minimum Gasteiger partial charge on any atom is -0.481 e. The second-order valence-electron chi connectivity index (χ2n) is 21.4. The highest BCUT2D eigenvalue weighted by Gasteiger charge is 2.70. The van der Waals surface area contributed by atoms with Crippen molar-refractivity contribution in [3.63, 3.8) is 0 Å². The number of carbonyl (C=O) groups is 4. The zero-order valence-corrected chi connectivity index (χ0v) is 34.4. The van der Waals surface area contributed by atoms with Crippen LogP contribution >= 0.6 is 0 Å². The smallest absolute Gasteiger partial charge is 0.309 e. The van der Waals surface area contributed by atoms with E-state index in [9.17, 15) is 24.3 Å². The topological polar surface area (TPSA) is 122 Å². The molecule has 11 atom stereocenters. The standard InChI is InChI=1S/C45H70N2O6/c1-26(2)36-31(48)23-45(24-35(49)47-25-27-12-10-11-21-46-27)20-19-43(8)28(37(36)45)13-14-33-42(7)17-16-34(41(5,6)32(42)15-18-44(33,43)9)53-39(52)30-22-29(38(50)51)40(30,3)4/h26-30,32-34,46H,10-25H2,1-9H3,(H,47,49)(H,50,51)/t27-,28-,29+,30-,32+,33-,34+,42+,43-,44-,45+/m1/s1. The van der Waals surface area contributed by atoms with E-state index in [4.69, 9.17) is 4.74 Å². The number of aliphatic carboxylic acids is 1. The van der Waals surface area contributed by atoms with Gasteiger partial charge in [0.05, 0.1) is 11.8 Å². The molecule has 0 aromatic carbocycles. The van der Waals surface area contributed by atoms with Crippen LogP contribution in [0.3, 0.4) is 0 Å². The van der Waals surface area contributed by atoms with E-state index in [1.165, 1.54) is 18.4 Å². The zero-order valence-electron chi connectivity index (χ0n) is 34.4. The Morgan fingerprint density at radius 1 is 0.849 bits per heavy atom. The predicted molar refractivity (Wildman–Crippen MR) is 206 cm³/mol. The fourth-order valence-electron chi connectivity index (χ4n) is 14.8. The third-order valence-electron chi connectivity index (χ3n) is 18.1. The summed E-state index contributed by atoms with van der Waals surface area (Å²) in [7, 11) is 0. The van der Waals surface area contributed by atoms with Crippen molar-refractivity contribution < 1.29 is 29.0 Å². The molecule has 0 spiro atoms. The minimum absolute atomic E-state index is 0.0277. The molecule has 1 amide bonds. The maximum Gasteiger partial charge on any atom is 0.309 e. The molecule has 0 unspecified atom stereocenters. The molecule has 3 N–H and O–H groups in total. The van der Waals surface area contributed by atoms with Gasteiger partial charge in [0, 0.05) is 36.3 Å². The lowest BCUT2D eigenvalue weighted by Gasteiger charge is -2.72. The number of fused-ring (bicyclic) bond motifs is 7. The van der Waals surface area contributed by atoms with Crippen molar-refractivity contribution in [2.75, 3.05) is 13.1 Å². The molecule has 8 nitrogen and oxygen atoms in total. The van der Waals surface area contributed by atoms with E-state index in [0.717, 1.165) is 69.9 Å². The van der Waals surface area contributed by atoms with E-state index in [1.54, 1.807) is 0 Å². The van der Waals surface area contributed by atoms with Gasteiger partial charge in [-0.1, -0.05) is 74.3 Å². The number of piperidine rings is 1. The monoisotopic (exact) mass is 735 g/mol. The van der Waals surface area contributed by atoms with Gasteiger partial charge < -0.3 is 20.5 Å². The van der Waals surface area contributed by atoms with E-state index in [-0.39, 0.29) is 62.7 Å². The average molecular weight is 735 g/mol. The van der Waals surface area contributed by atoms with Crippen LogP contribution in [0.4, 0.5) is 0 Å². The van der Waals surface area contributed by atoms with Crippen molar-refractivity contribution in [3.05, 3.63) is 11.1 Å². The number of esters is 1. The normalized spacial score (nSPS) is 44.2. The van der Waals surface area contributed by atoms with Gasteiger partial charge in [0.2, 0.25) is 5.91 Å². The first kappa shape index (κ1) is 39.0. The average Bonchev–Trinajstić information content (AvgIpc) is 3.37. The number of carbonyl (C=O) groups excluding carboxylic acids is 3. The molecule has 7 rings (SSSR count). The van der Waals surface area contributed by atoms with Gasteiger partial charge in [-0.15, -0.1) is 0 Å². The van der Waals surface area contributed by atoms with E-state index >= 15 is 0 Å². The van der Waals surface area contributed by atoms with Crippen LogP contribution in [0, 0.1) is 68.0 Å². The summed E-state index contributed by atoms with van der Waals surface area (Å²) in [5, 5.41) is 16.5. The molecule has 1 saturated heterocycles. The van der Waals surface area contributed by atoms with E-state index in [2.05, 4.69) is 59.1 Å². The van der Waals surface area contributed by atoms with Crippen molar-refractivity contribution in [1.29, 1.82) is 0 Å². The summed E-state index contributed by atoms with van der Waals surface area (Å²) >= 11 is 0. The van der Waals surface area contributed by atoms with Crippen molar-refractivity contribution in [2.24, 2.45) is 68.0 Å². The number of ketones is 1. The van der Waals surface area contributed by atoms with Crippen molar-refractivity contribution >= 4 is 23.6 Å². The van der Waals surface area contributed by atoms with Gasteiger partial charge in [-0.05, 0) is 128 Å². The number of amides is 1. The SMILES string of the molecule is CC(C)C1=C2[C@H]3CC[C@@H]4[C@@]5(C)CC[C@H](OC(=O)[C@H]6C[C@@H](C(=O)O)C6(C)C)C(C)(C)[C@@H]5CC[C@@]4(C)[C@]3(C)CC[C@@]2(CC(=O)NC[C@H]2CCCCN2)CC1=O. The number of hydrogen-bond donors (Lipinski definition) is 3. The number of Topliss-reactive ketones (excluding diaryl/α,β-unsaturated/α-hetero) is 1.